The molecule has 0 radical (unpaired) electrons. The van der Waals surface area contributed by atoms with E-state index in [1.165, 1.54) is 18.2 Å². The molecule has 220 valence electrons. The first-order valence-electron chi connectivity index (χ1n) is 13.2. The van der Waals surface area contributed by atoms with Crippen LogP contribution in [0, 0.1) is 6.92 Å². The van der Waals surface area contributed by atoms with E-state index in [-0.39, 0.29) is 43.3 Å². The molecule has 40 heavy (non-hydrogen) atoms. The molecule has 0 aromatic heterocycles. The van der Waals surface area contributed by atoms with Gasteiger partial charge in [-0.1, -0.05) is 17.7 Å². The predicted octanol–water partition coefficient (Wildman–Crippen LogP) is 0.691. The molecule has 0 unspecified atom stereocenters. The summed E-state index contributed by atoms with van der Waals surface area (Å²) in [5.41, 5.74) is 12.9. The lowest BCUT2D eigenvalue weighted by Gasteiger charge is -2.13. The molecule has 0 fully saturated rings. The molecule has 12 nitrogen and oxygen atoms in total. The third kappa shape index (κ3) is 13.1. The molecule has 0 heterocycles. The highest BCUT2D eigenvalue weighted by Gasteiger charge is 2.15. The Hall–Kier alpha value is -3.39. The molecule has 0 atom stereocenters. The summed E-state index contributed by atoms with van der Waals surface area (Å²) in [5, 5.41) is 8.29. The van der Waals surface area contributed by atoms with Crippen molar-refractivity contribution in [3.8, 4) is 0 Å². The van der Waals surface area contributed by atoms with Gasteiger partial charge in [-0.3, -0.25) is 14.4 Å². The second-order valence-corrected chi connectivity index (χ2v) is 8.66. The van der Waals surface area contributed by atoms with E-state index in [0.717, 1.165) is 5.56 Å². The van der Waals surface area contributed by atoms with E-state index in [9.17, 15) is 14.4 Å². The van der Waals surface area contributed by atoms with E-state index in [0.29, 0.717) is 64.0 Å². The quantitative estimate of drug-likeness (QED) is 0.146. The third-order valence-electron chi connectivity index (χ3n) is 5.36. The molecule has 12 heteroatoms. The zero-order valence-corrected chi connectivity index (χ0v) is 23.0. The Balaban J connectivity index is 1.99. The van der Waals surface area contributed by atoms with Gasteiger partial charge in [-0.05, 0) is 37.3 Å². The van der Waals surface area contributed by atoms with Crippen molar-refractivity contribution < 1.29 is 33.3 Å². The van der Waals surface area contributed by atoms with Crippen molar-refractivity contribution in [2.24, 2.45) is 11.5 Å². The highest BCUT2D eigenvalue weighted by atomic mass is 16.5. The van der Waals surface area contributed by atoms with Crippen molar-refractivity contribution in [1.29, 1.82) is 0 Å². The maximum Gasteiger partial charge on any atom is 0.255 e. The van der Waals surface area contributed by atoms with Crippen molar-refractivity contribution >= 4 is 23.4 Å². The van der Waals surface area contributed by atoms with Gasteiger partial charge < -0.3 is 46.4 Å². The monoisotopic (exact) mass is 559 g/mol. The molecule has 3 amide bonds. The lowest BCUT2D eigenvalue weighted by molar-refractivity contribution is 0.0511. The van der Waals surface area contributed by atoms with Crippen LogP contribution in [0.15, 0.2) is 42.5 Å². The molecular formula is C28H41N5O7. The zero-order chi connectivity index (χ0) is 29.0. The number of nitrogens with one attached hydrogen (secondary N) is 3. The summed E-state index contributed by atoms with van der Waals surface area (Å²) >= 11 is 0. The Morgan fingerprint density at radius 1 is 0.600 bits per heavy atom. The van der Waals surface area contributed by atoms with Crippen molar-refractivity contribution in [2.75, 3.05) is 84.4 Å². The average Bonchev–Trinajstić information content (AvgIpc) is 2.95. The van der Waals surface area contributed by atoms with Gasteiger partial charge in [0.15, 0.2) is 0 Å². The van der Waals surface area contributed by atoms with E-state index in [1.54, 1.807) is 12.1 Å². The van der Waals surface area contributed by atoms with E-state index < -0.39 is 11.8 Å². The Morgan fingerprint density at radius 2 is 1.05 bits per heavy atom. The second-order valence-electron chi connectivity index (χ2n) is 8.66. The molecule has 0 aliphatic rings. The third-order valence-corrected chi connectivity index (χ3v) is 5.36. The van der Waals surface area contributed by atoms with Crippen LogP contribution >= 0.6 is 0 Å². The summed E-state index contributed by atoms with van der Waals surface area (Å²) in [5.74, 6) is -1.19. The second kappa shape index (κ2) is 19.6. The van der Waals surface area contributed by atoms with Gasteiger partial charge in [0.1, 0.15) is 0 Å². The van der Waals surface area contributed by atoms with Gasteiger partial charge in [-0.15, -0.1) is 0 Å². The standard InChI is InChI=1S/C28H41N5O7/c1-21-2-4-22(5-3-21)28(36)33-25-19-23(26(34)31-8-12-39-16-14-37-10-6-29)18-24(20-25)27(35)32-9-13-40-17-15-38-11-7-30/h2-5,18-20H,6-17,29-30H2,1H3,(H,31,34)(H,32,35)(H,33,36). The van der Waals surface area contributed by atoms with Crippen molar-refractivity contribution in [3.63, 3.8) is 0 Å². The fourth-order valence-corrected chi connectivity index (χ4v) is 3.36. The van der Waals surface area contributed by atoms with Gasteiger partial charge in [-0.2, -0.15) is 0 Å². The molecule has 0 saturated carbocycles. The van der Waals surface area contributed by atoms with Crippen molar-refractivity contribution in [2.45, 2.75) is 6.92 Å². The summed E-state index contributed by atoms with van der Waals surface area (Å²) in [6.45, 7) is 6.41. The molecular weight excluding hydrogens is 518 g/mol. The number of nitrogens with two attached hydrogens (primary N) is 2. The first kappa shape index (κ1) is 32.8. The molecule has 2 aromatic carbocycles. The number of hydrogen-bond donors (Lipinski definition) is 5. The highest BCUT2D eigenvalue weighted by molar-refractivity contribution is 6.07. The average molecular weight is 560 g/mol. The molecule has 2 rings (SSSR count). The number of carbonyl (C=O) groups excluding carboxylic acids is 3. The van der Waals surface area contributed by atoms with Crippen LogP contribution in [0.3, 0.4) is 0 Å². The van der Waals surface area contributed by atoms with Gasteiger partial charge >= 0.3 is 0 Å². The maximum absolute atomic E-state index is 12.9. The Bertz CT molecular complexity index is 1000. The summed E-state index contributed by atoms with van der Waals surface area (Å²) in [6, 6.07) is 11.6. The SMILES string of the molecule is Cc1ccc(C(=O)Nc2cc(C(=O)NCCOCCOCCN)cc(C(=O)NCCOCCOCCN)c2)cc1. The Morgan fingerprint density at radius 3 is 1.50 bits per heavy atom. The number of rotatable bonds is 20. The van der Waals surface area contributed by atoms with Gasteiger partial charge in [0.25, 0.3) is 17.7 Å². The summed E-state index contributed by atoms with van der Waals surface area (Å²) < 4.78 is 21.3. The van der Waals surface area contributed by atoms with Gasteiger partial charge in [0.05, 0.1) is 52.9 Å². The van der Waals surface area contributed by atoms with Crippen molar-refractivity contribution in [1.82, 2.24) is 10.6 Å². The molecule has 0 bridgehead atoms. The number of hydrogen-bond acceptors (Lipinski definition) is 9. The fraction of sp³-hybridized carbons (Fsp3) is 0.464. The summed E-state index contributed by atoms with van der Waals surface area (Å²) in [4.78, 5) is 38.5. The van der Waals surface area contributed by atoms with E-state index in [1.807, 2.05) is 19.1 Å². The minimum atomic E-state index is -0.413. The zero-order valence-electron chi connectivity index (χ0n) is 23.0. The van der Waals surface area contributed by atoms with Crippen molar-refractivity contribution in [3.05, 3.63) is 64.7 Å². The molecule has 0 spiro atoms. The number of aryl methyl sites for hydroxylation is 1. The Kier molecular flexibility index (Phi) is 16.1. The first-order chi connectivity index (χ1) is 19.4. The molecule has 2 aromatic rings. The Labute approximate surface area is 235 Å². The number of benzene rings is 2. The fourth-order valence-electron chi connectivity index (χ4n) is 3.36. The molecule has 0 saturated heterocycles. The molecule has 0 aliphatic heterocycles. The largest absolute Gasteiger partial charge is 0.378 e. The highest BCUT2D eigenvalue weighted by Crippen LogP contribution is 2.17. The lowest BCUT2D eigenvalue weighted by Crippen LogP contribution is -2.30. The predicted molar refractivity (Wildman–Crippen MR) is 152 cm³/mol. The number of amides is 3. The van der Waals surface area contributed by atoms with Crippen LogP contribution in [-0.4, -0.2) is 96.8 Å². The van der Waals surface area contributed by atoms with E-state index in [4.69, 9.17) is 30.4 Å². The summed E-state index contributed by atoms with van der Waals surface area (Å²) in [7, 11) is 0. The summed E-state index contributed by atoms with van der Waals surface area (Å²) in [6.07, 6.45) is 0. The maximum atomic E-state index is 12.9. The molecule has 0 aliphatic carbocycles. The normalized spacial score (nSPS) is 10.8. The van der Waals surface area contributed by atoms with Crippen LogP contribution in [0.4, 0.5) is 5.69 Å². The van der Waals surface area contributed by atoms with Crippen LogP contribution in [-0.2, 0) is 18.9 Å². The number of ether oxygens (including phenoxy) is 4. The van der Waals surface area contributed by atoms with Crippen LogP contribution in [0.25, 0.3) is 0 Å². The van der Waals surface area contributed by atoms with Crippen LogP contribution in [0.1, 0.15) is 36.6 Å². The minimum Gasteiger partial charge on any atom is -0.378 e. The van der Waals surface area contributed by atoms with Crippen LogP contribution < -0.4 is 27.4 Å². The smallest absolute Gasteiger partial charge is 0.255 e. The number of anilines is 1. The molecule has 7 N–H and O–H groups in total. The topological polar surface area (TPSA) is 176 Å². The minimum absolute atomic E-state index is 0.214. The van der Waals surface area contributed by atoms with Crippen LogP contribution in [0.5, 0.6) is 0 Å². The first-order valence-corrected chi connectivity index (χ1v) is 13.2. The number of carbonyl (C=O) groups is 3. The van der Waals surface area contributed by atoms with Crippen LogP contribution in [0.2, 0.25) is 0 Å². The van der Waals surface area contributed by atoms with Gasteiger partial charge in [0, 0.05) is 48.6 Å². The van der Waals surface area contributed by atoms with E-state index >= 15 is 0 Å². The lowest BCUT2D eigenvalue weighted by atomic mass is 10.1. The van der Waals surface area contributed by atoms with Gasteiger partial charge in [0.2, 0.25) is 0 Å². The van der Waals surface area contributed by atoms with E-state index in [2.05, 4.69) is 16.0 Å². The van der Waals surface area contributed by atoms with Gasteiger partial charge in [-0.25, -0.2) is 0 Å².